The van der Waals surface area contributed by atoms with E-state index in [1.165, 1.54) is 11.1 Å². The molecule has 2 atom stereocenters. The smallest absolute Gasteiger partial charge is 0.250 e. The highest BCUT2D eigenvalue weighted by atomic mass is 32.2. The molecular weight excluding hydrogens is 370 g/mol. The maximum absolute atomic E-state index is 13.7. The fourth-order valence-electron chi connectivity index (χ4n) is 4.25. The second-order valence-electron chi connectivity index (χ2n) is 6.91. The van der Waals surface area contributed by atoms with Crippen molar-refractivity contribution in [2.75, 3.05) is 4.90 Å². The zero-order chi connectivity index (χ0) is 18.4. The zero-order valence-electron chi connectivity index (χ0n) is 14.5. The average molecular weight is 388 g/mol. The van der Waals surface area contributed by atoms with Gasteiger partial charge < -0.3 is 0 Å². The van der Waals surface area contributed by atoms with Crippen molar-refractivity contribution in [3.8, 4) is 0 Å². The molecule has 3 aromatic rings. The van der Waals surface area contributed by atoms with Gasteiger partial charge in [0.05, 0.1) is 5.69 Å². The van der Waals surface area contributed by atoms with Crippen molar-refractivity contribution in [2.24, 2.45) is 0 Å². The fourth-order valence-corrected chi connectivity index (χ4v) is 6.33. The van der Waals surface area contributed by atoms with Crippen molar-refractivity contribution in [3.05, 3.63) is 102 Å². The summed E-state index contributed by atoms with van der Waals surface area (Å²) in [7, 11) is 0. The van der Waals surface area contributed by atoms with Crippen LogP contribution in [0.2, 0.25) is 0 Å². The van der Waals surface area contributed by atoms with Gasteiger partial charge >= 0.3 is 0 Å². The average Bonchev–Trinajstić information content (AvgIpc) is 3.31. The van der Waals surface area contributed by atoms with Gasteiger partial charge in [0.1, 0.15) is 9.07 Å². The third-order valence-corrected chi connectivity index (χ3v) is 7.27. The van der Waals surface area contributed by atoms with Gasteiger partial charge in [0, 0.05) is 11.8 Å². The van der Waals surface area contributed by atoms with E-state index in [0.717, 1.165) is 5.69 Å². The minimum Gasteiger partial charge on any atom is -0.272 e. The Kier molecular flexibility index (Phi) is 3.92. The van der Waals surface area contributed by atoms with Gasteiger partial charge in [-0.2, -0.15) is 0 Å². The highest BCUT2D eigenvalue weighted by Gasteiger charge is 2.75. The number of rotatable bonds is 3. The number of anilines is 1. The van der Waals surface area contributed by atoms with Crippen molar-refractivity contribution in [3.63, 3.8) is 0 Å². The van der Waals surface area contributed by atoms with Crippen LogP contribution in [0, 0.1) is 0 Å². The van der Waals surface area contributed by atoms with Crippen molar-refractivity contribution in [1.82, 2.24) is 0 Å². The monoisotopic (exact) mass is 387 g/mol. The first-order valence-electron chi connectivity index (χ1n) is 8.96. The number of hydrogen-bond donors (Lipinski definition) is 0. The van der Waals surface area contributed by atoms with Gasteiger partial charge in [-0.25, -0.2) is 0 Å². The fraction of sp³-hybridized carbons (Fsp3) is 0.130. The number of thiocarbonyl (C=S) groups is 1. The van der Waals surface area contributed by atoms with Gasteiger partial charge in [0.2, 0.25) is 0 Å². The van der Waals surface area contributed by atoms with E-state index in [0.29, 0.717) is 4.32 Å². The minimum absolute atomic E-state index is 0.103. The lowest BCUT2D eigenvalue weighted by Crippen LogP contribution is -2.33. The van der Waals surface area contributed by atoms with Crippen molar-refractivity contribution in [2.45, 2.75) is 16.6 Å². The second kappa shape index (κ2) is 6.32. The number of hydrogen-bond acceptors (Lipinski definition) is 3. The SMILES string of the molecule is O=C1N(c2ccccc2)C(=S)SC12[C@@H](c1ccccc1)[C@@H]2c1ccccc1. The maximum atomic E-state index is 13.7. The lowest BCUT2D eigenvalue weighted by molar-refractivity contribution is -0.117. The van der Waals surface area contributed by atoms with Crippen LogP contribution in [0.1, 0.15) is 23.0 Å². The molecular formula is C23H17NOS2. The van der Waals surface area contributed by atoms with Crippen molar-refractivity contribution in [1.29, 1.82) is 0 Å². The summed E-state index contributed by atoms with van der Waals surface area (Å²) in [6.45, 7) is 0. The van der Waals surface area contributed by atoms with Gasteiger partial charge in [0.25, 0.3) is 5.91 Å². The number of carbonyl (C=O) groups is 1. The van der Waals surface area contributed by atoms with E-state index in [1.807, 2.05) is 66.7 Å². The minimum atomic E-state index is -0.546. The summed E-state index contributed by atoms with van der Waals surface area (Å²) in [5.74, 6) is 0.363. The third-order valence-electron chi connectivity index (χ3n) is 5.46. The van der Waals surface area contributed by atoms with Gasteiger partial charge in [-0.15, -0.1) is 0 Å². The summed E-state index contributed by atoms with van der Waals surface area (Å²) in [4.78, 5) is 15.4. The molecule has 132 valence electrons. The number of nitrogens with zero attached hydrogens (tertiary/aromatic N) is 1. The van der Waals surface area contributed by atoms with E-state index in [4.69, 9.17) is 12.2 Å². The number of amides is 1. The van der Waals surface area contributed by atoms with Gasteiger partial charge in [-0.3, -0.25) is 9.69 Å². The summed E-state index contributed by atoms with van der Waals surface area (Å²) in [6, 6.07) is 30.4. The first kappa shape index (κ1) is 16.7. The first-order chi connectivity index (χ1) is 13.2. The maximum Gasteiger partial charge on any atom is 0.250 e. The summed E-state index contributed by atoms with van der Waals surface area (Å²) in [5.41, 5.74) is 3.25. The van der Waals surface area contributed by atoms with Gasteiger partial charge in [-0.05, 0) is 23.3 Å². The molecule has 0 N–H and O–H groups in total. The Bertz CT molecular complexity index is 959. The van der Waals surface area contributed by atoms with Crippen LogP contribution in [0.25, 0.3) is 0 Å². The second-order valence-corrected chi connectivity index (χ2v) is 8.83. The van der Waals surface area contributed by atoms with Crippen LogP contribution in [-0.2, 0) is 4.79 Å². The van der Waals surface area contributed by atoms with Crippen LogP contribution in [0.5, 0.6) is 0 Å². The Morgan fingerprint density at radius 2 is 1.19 bits per heavy atom. The molecule has 1 heterocycles. The van der Waals surface area contributed by atoms with E-state index < -0.39 is 4.75 Å². The van der Waals surface area contributed by atoms with E-state index in [9.17, 15) is 4.79 Å². The number of para-hydroxylation sites is 1. The van der Waals surface area contributed by atoms with Crippen molar-refractivity contribution >= 4 is 39.9 Å². The van der Waals surface area contributed by atoms with Crippen LogP contribution in [0.3, 0.4) is 0 Å². The zero-order valence-corrected chi connectivity index (χ0v) is 16.1. The quantitative estimate of drug-likeness (QED) is 0.564. The Hall–Kier alpha value is -2.43. The van der Waals surface area contributed by atoms with Gasteiger partial charge in [-0.1, -0.05) is 103 Å². The molecule has 2 nitrogen and oxygen atoms in total. The molecule has 0 bridgehead atoms. The molecule has 4 heteroatoms. The first-order valence-corrected chi connectivity index (χ1v) is 10.2. The van der Waals surface area contributed by atoms with Gasteiger partial charge in [0.15, 0.2) is 0 Å². The van der Waals surface area contributed by atoms with E-state index in [2.05, 4.69) is 24.3 Å². The highest BCUT2D eigenvalue weighted by molar-refractivity contribution is 8.25. The van der Waals surface area contributed by atoms with E-state index in [-0.39, 0.29) is 17.7 Å². The highest BCUT2D eigenvalue weighted by Crippen LogP contribution is 2.73. The normalized spacial score (nSPS) is 26.6. The molecule has 0 unspecified atom stereocenters. The predicted octanol–water partition coefficient (Wildman–Crippen LogP) is 5.37. The number of benzene rings is 3. The van der Waals surface area contributed by atoms with Crippen LogP contribution in [0.15, 0.2) is 91.0 Å². The topological polar surface area (TPSA) is 20.3 Å². The molecule has 0 aromatic heterocycles. The summed E-state index contributed by atoms with van der Waals surface area (Å²) < 4.78 is 0.0980. The molecule has 2 fully saturated rings. The molecule has 5 rings (SSSR count). The Morgan fingerprint density at radius 3 is 1.67 bits per heavy atom. The molecule has 0 radical (unpaired) electrons. The lowest BCUT2D eigenvalue weighted by Gasteiger charge is -2.15. The van der Waals surface area contributed by atoms with E-state index in [1.54, 1.807) is 16.7 Å². The van der Waals surface area contributed by atoms with Crippen LogP contribution < -0.4 is 4.90 Å². The van der Waals surface area contributed by atoms with Crippen LogP contribution >= 0.6 is 24.0 Å². The van der Waals surface area contributed by atoms with Crippen LogP contribution in [-0.4, -0.2) is 15.0 Å². The van der Waals surface area contributed by atoms with Crippen LogP contribution in [0.4, 0.5) is 5.69 Å². The lowest BCUT2D eigenvalue weighted by atomic mass is 10.0. The van der Waals surface area contributed by atoms with E-state index >= 15 is 0 Å². The molecule has 3 aromatic carbocycles. The molecule has 1 saturated heterocycles. The third kappa shape index (κ3) is 2.47. The Balaban J connectivity index is 1.61. The molecule has 2 aliphatic rings. The Labute approximate surface area is 168 Å². The summed E-state index contributed by atoms with van der Waals surface area (Å²) >= 11 is 7.22. The molecule has 1 aliphatic heterocycles. The summed E-state index contributed by atoms with van der Waals surface area (Å²) in [6.07, 6.45) is 0. The molecule has 27 heavy (non-hydrogen) atoms. The molecule has 1 amide bonds. The van der Waals surface area contributed by atoms with Crippen molar-refractivity contribution < 1.29 is 4.79 Å². The molecule has 1 spiro atoms. The summed E-state index contributed by atoms with van der Waals surface area (Å²) in [5, 5.41) is 0. The number of thioether (sulfide) groups is 1. The molecule has 1 saturated carbocycles. The largest absolute Gasteiger partial charge is 0.272 e. The predicted molar refractivity (Wildman–Crippen MR) is 115 cm³/mol. The number of carbonyl (C=O) groups excluding carboxylic acids is 1. The molecule has 1 aliphatic carbocycles. The standard InChI is InChI=1S/C23H17NOS2/c25-21-23(27-22(26)24(21)18-14-8-3-9-15-18)19(16-10-4-1-5-11-16)20(23)17-12-6-2-7-13-17/h1-15,19-20H/t19-,20-/m0/s1. The Morgan fingerprint density at radius 1 is 0.741 bits per heavy atom.